The van der Waals surface area contributed by atoms with Gasteiger partial charge < -0.3 is 0 Å². The molecule has 0 amide bonds. The largest absolute Gasteiger partial charge is 0.129 e. The zero-order valence-corrected chi connectivity index (χ0v) is 11.0. The van der Waals surface area contributed by atoms with Crippen LogP contribution in [0.5, 0.6) is 0 Å². The maximum absolute atomic E-state index is 3.31. The second kappa shape index (κ2) is 5.00. The summed E-state index contributed by atoms with van der Waals surface area (Å²) in [6, 6.07) is 8.46. The van der Waals surface area contributed by atoms with E-state index in [1.165, 1.54) is 11.1 Å². The zero-order chi connectivity index (χ0) is 11.3. The first-order valence-corrected chi connectivity index (χ1v) is 8.73. The lowest BCUT2D eigenvalue weighted by Crippen LogP contribution is -2.16. The Hall–Kier alpha value is -1.26. The van der Waals surface area contributed by atoms with Crippen LogP contribution in [0.2, 0.25) is 19.6 Å². The smallest absolute Gasteiger partial charge is 0.127 e. The number of hydrogen-bond donors (Lipinski definition) is 0. The van der Waals surface area contributed by atoms with Gasteiger partial charge in [0.1, 0.15) is 8.07 Å². The van der Waals surface area contributed by atoms with Crippen molar-refractivity contribution in [2.24, 2.45) is 0 Å². The van der Waals surface area contributed by atoms with E-state index < -0.39 is 8.07 Å². The summed E-state index contributed by atoms with van der Waals surface area (Å²) in [7, 11) is -1.22. The Morgan fingerprint density at radius 1 is 1.07 bits per heavy atom. The molecule has 1 aromatic rings. The van der Waals surface area contributed by atoms with E-state index in [-0.39, 0.29) is 0 Å². The Morgan fingerprint density at radius 3 is 2.20 bits per heavy atom. The van der Waals surface area contributed by atoms with Crippen LogP contribution in [0.1, 0.15) is 11.1 Å². The van der Waals surface area contributed by atoms with E-state index in [0.717, 1.165) is 0 Å². The van der Waals surface area contributed by atoms with E-state index in [1.54, 1.807) is 0 Å². The van der Waals surface area contributed by atoms with Crippen LogP contribution in [0.25, 0.3) is 6.08 Å². The molecule has 0 aliphatic carbocycles. The highest BCUT2D eigenvalue weighted by atomic mass is 28.3. The standard InChI is InChI=1S/C14H18Si/c1-13-8-10-14(11-9-13)7-5-6-12-15(2,3)4/h5,7-11H,1-4H3/b7-5+. The number of aryl methyl sites for hydroxylation is 1. The molecule has 1 aromatic carbocycles. The fourth-order valence-corrected chi connectivity index (χ4v) is 1.59. The molecule has 0 N–H and O–H groups in total. The summed E-state index contributed by atoms with van der Waals surface area (Å²) in [4.78, 5) is 0. The molecule has 1 heteroatoms. The van der Waals surface area contributed by atoms with E-state index in [9.17, 15) is 0 Å². The van der Waals surface area contributed by atoms with Crippen molar-refractivity contribution in [3.8, 4) is 11.5 Å². The van der Waals surface area contributed by atoms with Gasteiger partial charge in [-0.2, -0.15) is 0 Å². The first kappa shape index (κ1) is 11.8. The fourth-order valence-electron chi connectivity index (χ4n) is 1.07. The highest BCUT2D eigenvalue weighted by Crippen LogP contribution is 2.04. The van der Waals surface area contributed by atoms with Crippen molar-refractivity contribution in [3.63, 3.8) is 0 Å². The van der Waals surface area contributed by atoms with E-state index in [4.69, 9.17) is 0 Å². The Kier molecular flexibility index (Phi) is 3.93. The monoisotopic (exact) mass is 214 g/mol. The van der Waals surface area contributed by atoms with Crippen molar-refractivity contribution in [1.29, 1.82) is 0 Å². The lowest BCUT2D eigenvalue weighted by atomic mass is 10.1. The summed E-state index contributed by atoms with van der Waals surface area (Å²) in [5.41, 5.74) is 5.81. The fraction of sp³-hybridized carbons (Fsp3) is 0.286. The van der Waals surface area contributed by atoms with Gasteiger partial charge in [0.05, 0.1) is 0 Å². The molecule has 1 rings (SSSR count). The topological polar surface area (TPSA) is 0 Å². The average molecular weight is 214 g/mol. The highest BCUT2D eigenvalue weighted by molar-refractivity contribution is 6.83. The molecular formula is C14H18Si. The molecular weight excluding hydrogens is 196 g/mol. The van der Waals surface area contributed by atoms with Gasteiger partial charge in [-0.25, -0.2) is 0 Å². The van der Waals surface area contributed by atoms with Gasteiger partial charge in [0, 0.05) is 0 Å². The first-order valence-electron chi connectivity index (χ1n) is 5.23. The molecule has 0 saturated carbocycles. The van der Waals surface area contributed by atoms with E-state index >= 15 is 0 Å². The Morgan fingerprint density at radius 2 is 1.67 bits per heavy atom. The summed E-state index contributed by atoms with van der Waals surface area (Å²) in [6.45, 7) is 8.84. The van der Waals surface area contributed by atoms with Gasteiger partial charge in [-0.15, -0.1) is 5.54 Å². The van der Waals surface area contributed by atoms with Crippen LogP contribution in [0, 0.1) is 18.4 Å². The molecule has 0 aliphatic rings. The van der Waals surface area contributed by atoms with Gasteiger partial charge in [0.15, 0.2) is 0 Å². The molecule has 78 valence electrons. The van der Waals surface area contributed by atoms with Gasteiger partial charge in [-0.1, -0.05) is 55.4 Å². The van der Waals surface area contributed by atoms with Crippen LogP contribution >= 0.6 is 0 Å². The van der Waals surface area contributed by atoms with Crippen LogP contribution in [0.4, 0.5) is 0 Å². The van der Waals surface area contributed by atoms with Crippen molar-refractivity contribution in [3.05, 3.63) is 41.5 Å². The van der Waals surface area contributed by atoms with Gasteiger partial charge in [0.25, 0.3) is 0 Å². The predicted octanol–water partition coefficient (Wildman–Crippen LogP) is 3.89. The van der Waals surface area contributed by atoms with Gasteiger partial charge in [-0.3, -0.25) is 0 Å². The second-order valence-corrected chi connectivity index (χ2v) is 9.51. The highest BCUT2D eigenvalue weighted by Gasteiger charge is 2.06. The van der Waals surface area contributed by atoms with E-state index in [2.05, 4.69) is 68.4 Å². The molecule has 0 saturated heterocycles. The molecule has 0 radical (unpaired) electrons. The Labute approximate surface area is 94.0 Å². The van der Waals surface area contributed by atoms with Crippen LogP contribution in [-0.2, 0) is 0 Å². The summed E-state index contributed by atoms with van der Waals surface area (Å²) < 4.78 is 0. The molecule has 0 fully saturated rings. The third-order valence-electron chi connectivity index (χ3n) is 1.88. The van der Waals surface area contributed by atoms with Gasteiger partial charge in [-0.05, 0) is 24.6 Å². The third-order valence-corrected chi connectivity index (χ3v) is 2.78. The molecule has 15 heavy (non-hydrogen) atoms. The summed E-state index contributed by atoms with van der Waals surface area (Å²) in [6.07, 6.45) is 4.01. The molecule has 0 atom stereocenters. The number of benzene rings is 1. The van der Waals surface area contributed by atoms with Crippen molar-refractivity contribution in [2.75, 3.05) is 0 Å². The molecule has 0 aliphatic heterocycles. The lowest BCUT2D eigenvalue weighted by Gasteiger charge is -2.02. The zero-order valence-electron chi connectivity index (χ0n) is 9.96. The van der Waals surface area contributed by atoms with Crippen LogP contribution < -0.4 is 0 Å². The molecule has 0 bridgehead atoms. The Balaban J connectivity index is 2.65. The lowest BCUT2D eigenvalue weighted by molar-refractivity contribution is 1.46. The average Bonchev–Trinajstić information content (AvgIpc) is 2.14. The molecule has 0 aromatic heterocycles. The van der Waals surface area contributed by atoms with Crippen LogP contribution in [0.15, 0.2) is 30.3 Å². The minimum Gasteiger partial charge on any atom is -0.127 e. The van der Waals surface area contributed by atoms with E-state index in [1.807, 2.05) is 6.08 Å². The number of allylic oxidation sites excluding steroid dienone is 1. The molecule has 0 heterocycles. The third kappa shape index (κ3) is 5.24. The van der Waals surface area contributed by atoms with Crippen molar-refractivity contribution < 1.29 is 0 Å². The van der Waals surface area contributed by atoms with Crippen LogP contribution in [0.3, 0.4) is 0 Å². The maximum atomic E-state index is 3.31. The van der Waals surface area contributed by atoms with E-state index in [0.29, 0.717) is 0 Å². The minimum absolute atomic E-state index is 1.21. The first-order chi connectivity index (χ1) is 6.97. The SMILES string of the molecule is Cc1ccc(/C=C/C#C[Si](C)(C)C)cc1. The maximum Gasteiger partial charge on any atom is 0.129 e. The summed E-state index contributed by atoms with van der Waals surface area (Å²) >= 11 is 0. The van der Waals surface area contributed by atoms with Gasteiger partial charge >= 0.3 is 0 Å². The minimum atomic E-state index is -1.22. The van der Waals surface area contributed by atoms with Crippen molar-refractivity contribution in [2.45, 2.75) is 26.6 Å². The number of rotatable bonds is 1. The quantitative estimate of drug-likeness (QED) is 0.491. The normalized spacial score (nSPS) is 11.2. The van der Waals surface area contributed by atoms with Crippen LogP contribution in [-0.4, -0.2) is 8.07 Å². The summed E-state index contributed by atoms with van der Waals surface area (Å²) in [5, 5.41) is 0. The molecule has 0 unspecified atom stereocenters. The van der Waals surface area contributed by atoms with Crippen molar-refractivity contribution >= 4 is 14.1 Å². The number of hydrogen-bond acceptors (Lipinski definition) is 0. The molecule has 0 nitrogen and oxygen atoms in total. The predicted molar refractivity (Wildman–Crippen MR) is 71.3 cm³/mol. The van der Waals surface area contributed by atoms with Gasteiger partial charge in [0.2, 0.25) is 0 Å². The Bertz CT molecular complexity index is 394. The summed E-state index contributed by atoms with van der Waals surface area (Å²) in [5.74, 6) is 3.12. The second-order valence-electron chi connectivity index (χ2n) is 4.76. The molecule has 0 spiro atoms. The van der Waals surface area contributed by atoms with Crippen molar-refractivity contribution in [1.82, 2.24) is 0 Å².